The summed E-state index contributed by atoms with van der Waals surface area (Å²) in [6.45, 7) is 3.67. The van der Waals surface area contributed by atoms with Gasteiger partial charge in [-0.25, -0.2) is 9.59 Å². The molecule has 7 heteroatoms. The molecule has 3 rings (SSSR count). The van der Waals surface area contributed by atoms with E-state index in [2.05, 4.69) is 0 Å². The summed E-state index contributed by atoms with van der Waals surface area (Å²) in [6.07, 6.45) is 1.36. The highest BCUT2D eigenvalue weighted by atomic mass is 127. The minimum Gasteiger partial charge on any atom is -0.504 e. The maximum Gasteiger partial charge on any atom is 0.349 e. The van der Waals surface area contributed by atoms with Gasteiger partial charge in [0.25, 0.3) is 5.79 Å². The van der Waals surface area contributed by atoms with Crippen LogP contribution in [0.25, 0.3) is 6.08 Å². The molecule has 0 unspecified atom stereocenters. The van der Waals surface area contributed by atoms with Crippen LogP contribution in [0.3, 0.4) is 0 Å². The van der Waals surface area contributed by atoms with Crippen molar-refractivity contribution in [3.8, 4) is 11.5 Å². The number of carbonyl (C=O) groups excluding carboxylic acids is 2. The molecule has 1 saturated heterocycles. The molecule has 2 aromatic rings. The number of benzene rings is 2. The molecule has 0 bridgehead atoms. The Morgan fingerprint density at radius 3 is 2.37 bits per heavy atom. The van der Waals surface area contributed by atoms with E-state index in [0.717, 1.165) is 0 Å². The number of cyclic esters (lactones) is 2. The van der Waals surface area contributed by atoms with Crippen LogP contribution < -0.4 is 4.74 Å². The van der Waals surface area contributed by atoms with Crippen molar-refractivity contribution in [3.05, 3.63) is 62.7 Å². The SMILES string of the molecule is CCOc1cc(C=C2C(=O)OC(C)(c3ccccc3)OC2=O)cc(I)c1O. The molecular weight excluding hydrogens is 463 g/mol. The molecule has 0 radical (unpaired) electrons. The second-order valence-electron chi connectivity index (χ2n) is 5.93. The number of hydrogen-bond donors (Lipinski definition) is 1. The standard InChI is InChI=1S/C20H17IO6/c1-3-25-16-11-12(10-15(21)17(16)22)9-14-18(23)26-20(2,27-19(14)24)13-7-5-4-6-8-13/h4-11,22H,3H2,1-2H3. The zero-order valence-corrected chi connectivity index (χ0v) is 16.8. The Hall–Kier alpha value is -2.55. The predicted molar refractivity (Wildman–Crippen MR) is 106 cm³/mol. The first-order chi connectivity index (χ1) is 12.8. The summed E-state index contributed by atoms with van der Waals surface area (Å²) in [4.78, 5) is 25.0. The van der Waals surface area contributed by atoms with E-state index < -0.39 is 17.7 Å². The number of phenols is 1. The summed E-state index contributed by atoms with van der Waals surface area (Å²) in [6, 6.07) is 11.9. The van der Waals surface area contributed by atoms with Crippen molar-refractivity contribution in [2.45, 2.75) is 19.6 Å². The van der Waals surface area contributed by atoms with Gasteiger partial charge >= 0.3 is 11.9 Å². The zero-order chi connectivity index (χ0) is 19.6. The highest BCUT2D eigenvalue weighted by Gasteiger charge is 2.43. The number of ether oxygens (including phenoxy) is 3. The first-order valence-electron chi connectivity index (χ1n) is 8.23. The Kier molecular flexibility index (Phi) is 5.41. The van der Waals surface area contributed by atoms with Gasteiger partial charge in [0, 0.05) is 12.5 Å². The first kappa shape index (κ1) is 19.2. The van der Waals surface area contributed by atoms with Gasteiger partial charge in [0.1, 0.15) is 5.57 Å². The van der Waals surface area contributed by atoms with Gasteiger partial charge in [-0.3, -0.25) is 0 Å². The molecule has 1 fully saturated rings. The van der Waals surface area contributed by atoms with Crippen molar-refractivity contribution in [1.82, 2.24) is 0 Å². The third-order valence-corrected chi connectivity index (χ3v) is 4.80. The molecule has 0 atom stereocenters. The van der Waals surface area contributed by atoms with E-state index in [1.807, 2.05) is 28.7 Å². The van der Waals surface area contributed by atoms with Gasteiger partial charge < -0.3 is 19.3 Å². The fraction of sp³-hybridized carbons (Fsp3) is 0.200. The molecule has 2 aromatic carbocycles. The molecule has 140 valence electrons. The number of carbonyl (C=O) groups is 2. The second-order valence-corrected chi connectivity index (χ2v) is 7.09. The lowest BCUT2D eigenvalue weighted by Crippen LogP contribution is -2.42. The lowest BCUT2D eigenvalue weighted by molar-refractivity contribution is -0.233. The molecule has 0 saturated carbocycles. The van der Waals surface area contributed by atoms with Gasteiger partial charge in [0.15, 0.2) is 11.5 Å². The molecule has 1 aliphatic rings. The number of aromatic hydroxyl groups is 1. The zero-order valence-electron chi connectivity index (χ0n) is 14.7. The van der Waals surface area contributed by atoms with Crippen molar-refractivity contribution in [2.75, 3.05) is 6.61 Å². The lowest BCUT2D eigenvalue weighted by atomic mass is 10.0. The predicted octanol–water partition coefficient (Wildman–Crippen LogP) is 3.75. The maximum atomic E-state index is 12.5. The third kappa shape index (κ3) is 3.92. The molecule has 1 aliphatic heterocycles. The fourth-order valence-corrected chi connectivity index (χ4v) is 3.28. The van der Waals surface area contributed by atoms with Crippen LogP contribution in [0.4, 0.5) is 0 Å². The van der Waals surface area contributed by atoms with Crippen molar-refractivity contribution in [3.63, 3.8) is 0 Å². The summed E-state index contributed by atoms with van der Waals surface area (Å²) in [5, 5.41) is 10.0. The van der Waals surface area contributed by atoms with E-state index in [4.69, 9.17) is 14.2 Å². The Morgan fingerprint density at radius 1 is 1.15 bits per heavy atom. The van der Waals surface area contributed by atoms with Crippen LogP contribution >= 0.6 is 22.6 Å². The number of halogens is 1. The maximum absolute atomic E-state index is 12.5. The molecule has 1 heterocycles. The largest absolute Gasteiger partial charge is 0.504 e. The van der Waals surface area contributed by atoms with E-state index in [-0.39, 0.29) is 17.1 Å². The van der Waals surface area contributed by atoms with E-state index in [0.29, 0.717) is 21.3 Å². The topological polar surface area (TPSA) is 82.1 Å². The molecule has 0 spiro atoms. The summed E-state index contributed by atoms with van der Waals surface area (Å²) >= 11 is 1.94. The highest BCUT2D eigenvalue weighted by Crippen LogP contribution is 2.36. The van der Waals surface area contributed by atoms with E-state index in [1.165, 1.54) is 13.0 Å². The Balaban J connectivity index is 1.93. The summed E-state index contributed by atoms with van der Waals surface area (Å²) < 4.78 is 16.7. The Bertz CT molecular complexity index is 900. The molecule has 6 nitrogen and oxygen atoms in total. The fourth-order valence-electron chi connectivity index (χ4n) is 2.65. The van der Waals surface area contributed by atoms with Crippen molar-refractivity contribution < 1.29 is 28.9 Å². The molecule has 1 N–H and O–H groups in total. The van der Waals surface area contributed by atoms with Gasteiger partial charge in [-0.05, 0) is 53.3 Å². The van der Waals surface area contributed by atoms with E-state index >= 15 is 0 Å². The average molecular weight is 480 g/mol. The van der Waals surface area contributed by atoms with Gasteiger partial charge in [-0.1, -0.05) is 30.3 Å². The quantitative estimate of drug-likeness (QED) is 0.311. The molecule has 27 heavy (non-hydrogen) atoms. The highest BCUT2D eigenvalue weighted by molar-refractivity contribution is 14.1. The lowest BCUT2D eigenvalue weighted by Gasteiger charge is -2.33. The van der Waals surface area contributed by atoms with Crippen LogP contribution in [0.15, 0.2) is 48.0 Å². The molecular formula is C20H17IO6. The van der Waals surface area contributed by atoms with E-state index in [9.17, 15) is 14.7 Å². The number of esters is 2. The number of rotatable bonds is 4. The molecule has 0 aliphatic carbocycles. The van der Waals surface area contributed by atoms with Gasteiger partial charge in [-0.15, -0.1) is 0 Å². The third-order valence-electron chi connectivity index (χ3n) is 3.97. The van der Waals surface area contributed by atoms with Crippen LogP contribution in [0.1, 0.15) is 25.0 Å². The Morgan fingerprint density at radius 2 is 1.78 bits per heavy atom. The summed E-state index contributed by atoms with van der Waals surface area (Å²) in [7, 11) is 0. The number of phenolic OH excluding ortho intramolecular Hbond substituents is 1. The average Bonchev–Trinajstić information content (AvgIpc) is 2.63. The van der Waals surface area contributed by atoms with Crippen LogP contribution in [0, 0.1) is 3.57 Å². The normalized spacial score (nSPS) is 19.3. The van der Waals surface area contributed by atoms with E-state index in [1.54, 1.807) is 43.3 Å². The monoisotopic (exact) mass is 480 g/mol. The summed E-state index contributed by atoms with van der Waals surface area (Å²) in [5.41, 5.74) is 0.837. The second kappa shape index (κ2) is 7.59. The smallest absolute Gasteiger partial charge is 0.349 e. The Labute approximate surface area is 169 Å². The number of hydrogen-bond acceptors (Lipinski definition) is 6. The minimum atomic E-state index is -1.48. The van der Waals surface area contributed by atoms with Crippen LogP contribution in [0.5, 0.6) is 11.5 Å². The first-order valence-corrected chi connectivity index (χ1v) is 9.31. The minimum absolute atomic E-state index is 0.00468. The van der Waals surface area contributed by atoms with Crippen LogP contribution in [-0.2, 0) is 24.8 Å². The van der Waals surface area contributed by atoms with Crippen molar-refractivity contribution in [2.24, 2.45) is 0 Å². The van der Waals surface area contributed by atoms with Gasteiger partial charge in [0.2, 0.25) is 0 Å². The van der Waals surface area contributed by atoms with Gasteiger partial charge in [0.05, 0.1) is 10.2 Å². The van der Waals surface area contributed by atoms with Crippen molar-refractivity contribution >= 4 is 40.6 Å². The van der Waals surface area contributed by atoms with Gasteiger partial charge in [-0.2, -0.15) is 0 Å². The van der Waals surface area contributed by atoms with Crippen molar-refractivity contribution in [1.29, 1.82) is 0 Å². The molecule has 0 amide bonds. The van der Waals surface area contributed by atoms with Crippen LogP contribution in [0.2, 0.25) is 0 Å². The van der Waals surface area contributed by atoms with Crippen LogP contribution in [-0.4, -0.2) is 23.7 Å². The summed E-state index contributed by atoms with van der Waals surface area (Å²) in [5.74, 6) is -2.77. The molecule has 0 aromatic heterocycles.